The maximum atomic E-state index is 11.0. The number of aldehydes is 1. The van der Waals surface area contributed by atoms with Gasteiger partial charge >= 0.3 is 0 Å². The van der Waals surface area contributed by atoms with Crippen molar-refractivity contribution in [2.45, 2.75) is 13.0 Å². The van der Waals surface area contributed by atoms with Gasteiger partial charge in [-0.25, -0.2) is 4.98 Å². The van der Waals surface area contributed by atoms with Crippen molar-refractivity contribution in [3.63, 3.8) is 0 Å². The molecule has 18 heavy (non-hydrogen) atoms. The molecule has 0 unspecified atom stereocenters. The summed E-state index contributed by atoms with van der Waals surface area (Å²) in [4.78, 5) is 15.4. The monoisotopic (exact) mass is 261 g/mol. The smallest absolute Gasteiger partial charge is 0.172 e. The maximum absolute atomic E-state index is 11.0. The first-order valence-electron chi connectivity index (χ1n) is 5.85. The number of halogens is 1. The van der Waals surface area contributed by atoms with Crippen LogP contribution in [0.3, 0.4) is 0 Å². The molecular weight excluding hydrogens is 250 g/mol. The second-order valence-electron chi connectivity index (χ2n) is 4.23. The first-order valence-corrected chi connectivity index (χ1v) is 6.23. The Kier molecular flexibility index (Phi) is 2.80. The third-order valence-electron chi connectivity index (χ3n) is 3.06. The highest BCUT2D eigenvalue weighted by molar-refractivity contribution is 6.30. The van der Waals surface area contributed by atoms with Crippen LogP contribution < -0.4 is 5.32 Å². The topological polar surface area (TPSA) is 46.9 Å². The molecule has 0 spiro atoms. The molecule has 0 saturated carbocycles. The third kappa shape index (κ3) is 1.78. The van der Waals surface area contributed by atoms with E-state index in [0.717, 1.165) is 43.0 Å². The predicted octanol–water partition coefficient (Wildman–Crippen LogP) is 2.83. The lowest BCUT2D eigenvalue weighted by atomic mass is 10.2. The first-order chi connectivity index (χ1) is 8.79. The highest BCUT2D eigenvalue weighted by Crippen LogP contribution is 2.28. The number of fused-ring (bicyclic) bond motifs is 1. The van der Waals surface area contributed by atoms with Crippen LogP contribution in [0.2, 0.25) is 5.02 Å². The maximum Gasteiger partial charge on any atom is 0.172 e. The average molecular weight is 262 g/mol. The van der Waals surface area contributed by atoms with E-state index in [2.05, 4.69) is 14.9 Å². The van der Waals surface area contributed by atoms with Gasteiger partial charge in [-0.3, -0.25) is 4.79 Å². The minimum Gasteiger partial charge on any atom is -0.369 e. The van der Waals surface area contributed by atoms with Crippen LogP contribution in [0.25, 0.3) is 11.4 Å². The van der Waals surface area contributed by atoms with Crippen molar-refractivity contribution in [3.05, 3.63) is 35.0 Å². The lowest BCUT2D eigenvalue weighted by Crippen LogP contribution is -2.18. The van der Waals surface area contributed by atoms with Gasteiger partial charge in [0, 0.05) is 23.7 Å². The van der Waals surface area contributed by atoms with E-state index in [1.807, 2.05) is 24.3 Å². The summed E-state index contributed by atoms with van der Waals surface area (Å²) in [5.41, 5.74) is 1.44. The number of nitrogens with one attached hydrogen (secondary N) is 1. The van der Waals surface area contributed by atoms with Gasteiger partial charge in [0.2, 0.25) is 0 Å². The van der Waals surface area contributed by atoms with Crippen LogP contribution in [0.1, 0.15) is 16.9 Å². The van der Waals surface area contributed by atoms with E-state index in [4.69, 9.17) is 11.6 Å². The quantitative estimate of drug-likeness (QED) is 0.846. The van der Waals surface area contributed by atoms with Gasteiger partial charge in [0.05, 0.1) is 0 Å². The van der Waals surface area contributed by atoms with Crippen LogP contribution >= 0.6 is 11.6 Å². The lowest BCUT2D eigenvalue weighted by molar-refractivity contribution is 0.112. The number of imidazole rings is 1. The van der Waals surface area contributed by atoms with Gasteiger partial charge in [-0.15, -0.1) is 0 Å². The molecule has 0 fully saturated rings. The molecule has 4 nitrogen and oxygen atoms in total. The Morgan fingerprint density at radius 3 is 2.83 bits per heavy atom. The van der Waals surface area contributed by atoms with E-state index in [1.165, 1.54) is 0 Å². The summed E-state index contributed by atoms with van der Waals surface area (Å²) in [5.74, 6) is 1.64. The molecule has 1 aromatic heterocycles. The zero-order chi connectivity index (χ0) is 12.5. The van der Waals surface area contributed by atoms with Crippen molar-refractivity contribution in [3.8, 4) is 11.4 Å². The van der Waals surface area contributed by atoms with Crippen molar-refractivity contribution in [1.29, 1.82) is 0 Å². The van der Waals surface area contributed by atoms with E-state index >= 15 is 0 Å². The fraction of sp³-hybridized carbons (Fsp3) is 0.231. The second kappa shape index (κ2) is 4.46. The van der Waals surface area contributed by atoms with E-state index in [-0.39, 0.29) is 0 Å². The van der Waals surface area contributed by atoms with Crippen LogP contribution in [-0.4, -0.2) is 22.4 Å². The number of hydrogen-bond acceptors (Lipinski definition) is 3. The molecule has 3 rings (SSSR count). The van der Waals surface area contributed by atoms with Gasteiger partial charge in [0.1, 0.15) is 17.3 Å². The van der Waals surface area contributed by atoms with E-state index in [1.54, 1.807) is 0 Å². The molecule has 0 aliphatic carbocycles. The summed E-state index contributed by atoms with van der Waals surface area (Å²) in [5, 5.41) is 3.92. The summed E-state index contributed by atoms with van der Waals surface area (Å²) in [6.45, 7) is 1.76. The predicted molar refractivity (Wildman–Crippen MR) is 71.2 cm³/mol. The molecular formula is C13H12ClN3O. The van der Waals surface area contributed by atoms with Crippen molar-refractivity contribution < 1.29 is 4.79 Å². The molecule has 0 radical (unpaired) electrons. The molecule has 1 N–H and O–H groups in total. The third-order valence-corrected chi connectivity index (χ3v) is 3.31. The molecule has 1 aliphatic heterocycles. The van der Waals surface area contributed by atoms with E-state index in [9.17, 15) is 4.79 Å². The van der Waals surface area contributed by atoms with Gasteiger partial charge < -0.3 is 9.88 Å². The Balaban J connectivity index is 2.14. The molecule has 2 heterocycles. The molecule has 5 heteroatoms. The van der Waals surface area contributed by atoms with Gasteiger partial charge in [-0.2, -0.15) is 0 Å². The Bertz CT molecular complexity index is 589. The van der Waals surface area contributed by atoms with Gasteiger partial charge in [-0.05, 0) is 30.7 Å². The molecule has 2 aromatic rings. The fourth-order valence-corrected chi connectivity index (χ4v) is 2.35. The summed E-state index contributed by atoms with van der Waals surface area (Å²) in [6.07, 6.45) is 1.83. The van der Waals surface area contributed by atoms with Crippen molar-refractivity contribution in [2.24, 2.45) is 0 Å². The van der Waals surface area contributed by atoms with Gasteiger partial charge in [0.15, 0.2) is 6.29 Å². The number of carbonyl (C=O) groups excluding carboxylic acids is 1. The van der Waals surface area contributed by atoms with Gasteiger partial charge in [-0.1, -0.05) is 11.6 Å². The van der Waals surface area contributed by atoms with Crippen LogP contribution in [-0.2, 0) is 6.54 Å². The van der Waals surface area contributed by atoms with Crippen molar-refractivity contribution in [2.75, 3.05) is 11.9 Å². The summed E-state index contributed by atoms with van der Waals surface area (Å²) >= 11 is 5.88. The number of rotatable bonds is 2. The molecule has 0 saturated heterocycles. The average Bonchev–Trinajstić information content (AvgIpc) is 2.79. The number of anilines is 1. The minimum atomic E-state index is 0.472. The standard InChI is InChI=1S/C13H12ClN3O/c14-10-4-2-9(3-5-10)12-16-11(8-18)13-15-6-1-7-17(12)13/h2-5,8,15H,1,6-7H2. The molecule has 92 valence electrons. The SMILES string of the molecule is O=Cc1nc(-c2ccc(Cl)cc2)n2c1NCCC2. The first kappa shape index (κ1) is 11.3. The second-order valence-corrected chi connectivity index (χ2v) is 4.66. The summed E-state index contributed by atoms with van der Waals surface area (Å²) in [7, 11) is 0. The molecule has 1 aromatic carbocycles. The van der Waals surface area contributed by atoms with Gasteiger partial charge in [0.25, 0.3) is 0 Å². The Labute approximate surface area is 110 Å². The van der Waals surface area contributed by atoms with Crippen LogP contribution in [0.15, 0.2) is 24.3 Å². The highest BCUT2D eigenvalue weighted by atomic mass is 35.5. The molecule has 1 aliphatic rings. The number of benzene rings is 1. The van der Waals surface area contributed by atoms with E-state index < -0.39 is 0 Å². The fourth-order valence-electron chi connectivity index (χ4n) is 2.22. The summed E-state index contributed by atoms with van der Waals surface area (Å²) in [6, 6.07) is 7.49. The van der Waals surface area contributed by atoms with Crippen LogP contribution in [0.4, 0.5) is 5.82 Å². The Morgan fingerprint density at radius 2 is 2.11 bits per heavy atom. The Hall–Kier alpha value is -1.81. The molecule has 0 bridgehead atoms. The molecule has 0 amide bonds. The summed E-state index contributed by atoms with van der Waals surface area (Å²) < 4.78 is 2.05. The lowest BCUT2D eigenvalue weighted by Gasteiger charge is -2.18. The van der Waals surface area contributed by atoms with Crippen LogP contribution in [0, 0.1) is 0 Å². The largest absolute Gasteiger partial charge is 0.369 e. The number of carbonyl (C=O) groups is 1. The number of nitrogens with zero attached hydrogens (tertiary/aromatic N) is 2. The highest BCUT2D eigenvalue weighted by Gasteiger charge is 2.20. The van der Waals surface area contributed by atoms with Crippen LogP contribution in [0.5, 0.6) is 0 Å². The Morgan fingerprint density at radius 1 is 1.33 bits per heavy atom. The van der Waals surface area contributed by atoms with Crippen molar-refractivity contribution >= 4 is 23.7 Å². The van der Waals surface area contributed by atoms with E-state index in [0.29, 0.717) is 10.7 Å². The normalized spacial score (nSPS) is 13.8. The number of hydrogen-bond donors (Lipinski definition) is 1. The zero-order valence-electron chi connectivity index (χ0n) is 9.69. The molecule has 0 atom stereocenters. The zero-order valence-corrected chi connectivity index (χ0v) is 10.4. The minimum absolute atomic E-state index is 0.472. The number of aromatic nitrogens is 2. The van der Waals surface area contributed by atoms with Crippen molar-refractivity contribution in [1.82, 2.24) is 9.55 Å².